The molecule has 8 heteroatoms. The van der Waals surface area contributed by atoms with Crippen LogP contribution in [0.3, 0.4) is 0 Å². The zero-order chi connectivity index (χ0) is 19.2. The maximum atomic E-state index is 12.6. The van der Waals surface area contributed by atoms with Gasteiger partial charge >= 0.3 is 6.18 Å². The van der Waals surface area contributed by atoms with E-state index in [0.29, 0.717) is 5.75 Å². The molecule has 26 heavy (non-hydrogen) atoms. The van der Waals surface area contributed by atoms with Crippen molar-refractivity contribution in [2.75, 3.05) is 19.0 Å². The van der Waals surface area contributed by atoms with E-state index in [1.807, 2.05) is 0 Å². The Morgan fingerprint density at radius 2 is 1.73 bits per heavy atom. The maximum absolute atomic E-state index is 12.6. The third-order valence-corrected chi connectivity index (χ3v) is 3.44. The molecule has 0 aromatic heterocycles. The number of nitrogens with one attached hydrogen (secondary N) is 2. The molecule has 0 saturated heterocycles. The molecule has 0 heterocycles. The largest absolute Gasteiger partial charge is 0.497 e. The molecule has 0 bridgehead atoms. The zero-order valence-corrected chi connectivity index (χ0v) is 13.9. The van der Waals surface area contributed by atoms with Crippen molar-refractivity contribution in [3.63, 3.8) is 0 Å². The van der Waals surface area contributed by atoms with Gasteiger partial charge in [0.1, 0.15) is 5.75 Å². The Bertz CT molecular complexity index is 774. The van der Waals surface area contributed by atoms with E-state index in [1.54, 1.807) is 24.3 Å². The van der Waals surface area contributed by atoms with Crippen LogP contribution in [0.1, 0.15) is 11.1 Å². The van der Waals surface area contributed by atoms with Crippen molar-refractivity contribution in [3.05, 3.63) is 59.7 Å². The van der Waals surface area contributed by atoms with Crippen molar-refractivity contribution >= 4 is 17.5 Å². The van der Waals surface area contributed by atoms with E-state index < -0.39 is 17.6 Å². The van der Waals surface area contributed by atoms with Crippen molar-refractivity contribution < 1.29 is 27.5 Å². The van der Waals surface area contributed by atoms with E-state index in [0.717, 1.165) is 17.7 Å². The van der Waals surface area contributed by atoms with Crippen molar-refractivity contribution in [1.29, 1.82) is 0 Å². The molecule has 2 aromatic carbocycles. The van der Waals surface area contributed by atoms with Gasteiger partial charge in [0.25, 0.3) is 0 Å². The molecule has 2 aromatic rings. The second kappa shape index (κ2) is 8.37. The third kappa shape index (κ3) is 5.80. The molecule has 0 aliphatic rings. The van der Waals surface area contributed by atoms with Gasteiger partial charge in [-0.05, 0) is 35.9 Å². The molecular formula is C18H17F3N2O3. The van der Waals surface area contributed by atoms with E-state index in [9.17, 15) is 22.8 Å². The van der Waals surface area contributed by atoms with Gasteiger partial charge in [-0.25, -0.2) is 0 Å². The summed E-state index contributed by atoms with van der Waals surface area (Å²) in [6.07, 6.45) is -4.42. The monoisotopic (exact) mass is 366 g/mol. The van der Waals surface area contributed by atoms with Gasteiger partial charge in [0.05, 0.1) is 25.6 Å². The minimum atomic E-state index is -4.49. The molecule has 0 saturated carbocycles. The fourth-order valence-corrected chi connectivity index (χ4v) is 2.15. The van der Waals surface area contributed by atoms with Crippen LogP contribution in [0.25, 0.3) is 0 Å². The van der Waals surface area contributed by atoms with Gasteiger partial charge in [0.2, 0.25) is 11.8 Å². The Morgan fingerprint density at radius 1 is 1.04 bits per heavy atom. The molecule has 2 amide bonds. The first-order chi connectivity index (χ1) is 12.3. The lowest BCUT2D eigenvalue weighted by Gasteiger charge is -2.10. The van der Waals surface area contributed by atoms with Gasteiger partial charge in [-0.3, -0.25) is 9.59 Å². The number of anilines is 1. The number of benzene rings is 2. The maximum Gasteiger partial charge on any atom is 0.416 e. The fourth-order valence-electron chi connectivity index (χ4n) is 2.15. The second-order valence-electron chi connectivity index (χ2n) is 5.43. The van der Waals surface area contributed by atoms with Crippen molar-refractivity contribution in [1.82, 2.24) is 5.32 Å². The molecule has 0 spiro atoms. The van der Waals surface area contributed by atoms with E-state index in [1.165, 1.54) is 19.2 Å². The Labute approximate surface area is 148 Å². The Hall–Kier alpha value is -3.03. The van der Waals surface area contributed by atoms with Crippen LogP contribution in [0.5, 0.6) is 5.75 Å². The first-order valence-corrected chi connectivity index (χ1v) is 7.64. The lowest BCUT2D eigenvalue weighted by Crippen LogP contribution is -2.33. The third-order valence-electron chi connectivity index (χ3n) is 3.44. The molecule has 0 radical (unpaired) electrons. The molecule has 0 atom stereocenters. The van der Waals surface area contributed by atoms with Crippen LogP contribution in [-0.2, 0) is 22.2 Å². The summed E-state index contributed by atoms with van der Waals surface area (Å²) in [6, 6.07) is 11.1. The molecule has 2 rings (SSSR count). The second-order valence-corrected chi connectivity index (χ2v) is 5.43. The van der Waals surface area contributed by atoms with Gasteiger partial charge in [-0.1, -0.05) is 18.2 Å². The number of carbonyl (C=O) groups is 2. The Kier molecular flexibility index (Phi) is 6.21. The highest BCUT2D eigenvalue weighted by molar-refractivity contribution is 5.94. The molecule has 5 nitrogen and oxygen atoms in total. The number of ether oxygens (including phenoxy) is 1. The van der Waals surface area contributed by atoms with Gasteiger partial charge in [0.15, 0.2) is 0 Å². The summed E-state index contributed by atoms with van der Waals surface area (Å²) in [5.41, 5.74) is -0.116. The number of rotatable bonds is 6. The first kappa shape index (κ1) is 19.3. The molecule has 138 valence electrons. The molecule has 0 fully saturated rings. The van der Waals surface area contributed by atoms with Gasteiger partial charge in [-0.2, -0.15) is 13.2 Å². The summed E-state index contributed by atoms with van der Waals surface area (Å²) in [5, 5.41) is 4.74. The van der Waals surface area contributed by atoms with E-state index in [4.69, 9.17) is 4.74 Å². The smallest absolute Gasteiger partial charge is 0.416 e. The van der Waals surface area contributed by atoms with Crippen molar-refractivity contribution in [2.45, 2.75) is 12.6 Å². The van der Waals surface area contributed by atoms with Crippen LogP contribution in [0.15, 0.2) is 48.5 Å². The summed E-state index contributed by atoms with van der Waals surface area (Å²) < 4.78 is 42.9. The number of amides is 2. The number of alkyl halides is 3. The minimum absolute atomic E-state index is 0.00854. The van der Waals surface area contributed by atoms with Crippen LogP contribution in [0, 0.1) is 0 Å². The fraction of sp³-hybridized carbons (Fsp3) is 0.222. The average molecular weight is 366 g/mol. The predicted octanol–water partition coefficient (Wildman–Crippen LogP) is 3.01. The zero-order valence-electron chi connectivity index (χ0n) is 13.9. The van der Waals surface area contributed by atoms with Crippen LogP contribution in [0.2, 0.25) is 0 Å². The summed E-state index contributed by atoms with van der Waals surface area (Å²) in [5.74, 6) is -0.337. The van der Waals surface area contributed by atoms with Gasteiger partial charge in [-0.15, -0.1) is 0 Å². The standard InChI is InChI=1S/C18H17F3N2O3/c1-26-15-7-5-12(6-8-15)9-16(24)22-11-17(25)23-14-4-2-3-13(10-14)18(19,20)21/h2-8,10H,9,11H2,1H3,(H,22,24)(H,23,25). The van der Waals surface area contributed by atoms with Crippen molar-refractivity contribution in [3.8, 4) is 5.75 Å². The van der Waals surface area contributed by atoms with E-state index >= 15 is 0 Å². The number of methoxy groups -OCH3 is 1. The average Bonchev–Trinajstić information content (AvgIpc) is 2.60. The van der Waals surface area contributed by atoms with Crippen molar-refractivity contribution in [2.24, 2.45) is 0 Å². The molecule has 0 unspecified atom stereocenters. The SMILES string of the molecule is COc1ccc(CC(=O)NCC(=O)Nc2cccc(C(F)(F)F)c2)cc1. The summed E-state index contributed by atoms with van der Waals surface area (Å²) in [4.78, 5) is 23.6. The quantitative estimate of drug-likeness (QED) is 0.826. The number of carbonyl (C=O) groups excluding carboxylic acids is 2. The Morgan fingerprint density at radius 3 is 2.35 bits per heavy atom. The topological polar surface area (TPSA) is 67.4 Å². The van der Waals surface area contributed by atoms with Gasteiger partial charge < -0.3 is 15.4 Å². The van der Waals surface area contributed by atoms with Crippen LogP contribution < -0.4 is 15.4 Å². The van der Waals surface area contributed by atoms with Crippen LogP contribution in [-0.4, -0.2) is 25.5 Å². The highest BCUT2D eigenvalue weighted by atomic mass is 19.4. The molecule has 0 aliphatic carbocycles. The molecule has 2 N–H and O–H groups in total. The minimum Gasteiger partial charge on any atom is -0.497 e. The normalized spacial score (nSPS) is 10.9. The van der Waals surface area contributed by atoms with Gasteiger partial charge in [0, 0.05) is 5.69 Å². The van der Waals surface area contributed by atoms with Crippen LogP contribution >= 0.6 is 0 Å². The molecule has 0 aliphatic heterocycles. The summed E-state index contributed by atoms with van der Waals surface area (Å²) >= 11 is 0. The lowest BCUT2D eigenvalue weighted by atomic mass is 10.1. The number of hydrogen-bond donors (Lipinski definition) is 2. The van der Waals surface area contributed by atoms with E-state index in [-0.39, 0.29) is 24.6 Å². The predicted molar refractivity (Wildman–Crippen MR) is 89.8 cm³/mol. The highest BCUT2D eigenvalue weighted by Gasteiger charge is 2.30. The highest BCUT2D eigenvalue weighted by Crippen LogP contribution is 2.30. The summed E-state index contributed by atoms with van der Waals surface area (Å²) in [7, 11) is 1.53. The van der Waals surface area contributed by atoms with E-state index in [2.05, 4.69) is 10.6 Å². The van der Waals surface area contributed by atoms with Crippen LogP contribution in [0.4, 0.5) is 18.9 Å². The number of hydrogen-bond acceptors (Lipinski definition) is 3. The Balaban J connectivity index is 1.83. The number of halogens is 3. The first-order valence-electron chi connectivity index (χ1n) is 7.64. The lowest BCUT2D eigenvalue weighted by molar-refractivity contribution is -0.137. The summed E-state index contributed by atoms with van der Waals surface area (Å²) in [6.45, 7) is -0.342. The molecular weight excluding hydrogens is 349 g/mol.